The molecular weight excluding hydrogens is 428 g/mol. The van der Waals surface area contributed by atoms with Crippen molar-refractivity contribution in [3.05, 3.63) is 66.1 Å². The van der Waals surface area contributed by atoms with E-state index in [1.54, 1.807) is 12.1 Å². The van der Waals surface area contributed by atoms with Gasteiger partial charge in [0.25, 0.3) is 0 Å². The SMILES string of the molecule is CC(=O)Nc1ccc(S(=O)(=O)N2CCN(Cc3nc(-c4ccccc4)oc3C)CC2)cc1. The van der Waals surface area contributed by atoms with Crippen molar-refractivity contribution in [2.75, 3.05) is 31.5 Å². The number of nitrogens with zero attached hydrogens (tertiary/aromatic N) is 3. The summed E-state index contributed by atoms with van der Waals surface area (Å²) in [5.74, 6) is 1.18. The van der Waals surface area contributed by atoms with E-state index in [0.29, 0.717) is 44.3 Å². The monoisotopic (exact) mass is 454 g/mol. The third kappa shape index (κ3) is 4.90. The van der Waals surface area contributed by atoms with Gasteiger partial charge in [-0.05, 0) is 43.3 Å². The van der Waals surface area contributed by atoms with Gasteiger partial charge in [0.1, 0.15) is 5.76 Å². The van der Waals surface area contributed by atoms with Gasteiger partial charge in [-0.1, -0.05) is 18.2 Å². The number of piperazine rings is 1. The third-order valence-corrected chi connectivity index (χ3v) is 7.34. The molecule has 0 aliphatic carbocycles. The van der Waals surface area contributed by atoms with Gasteiger partial charge < -0.3 is 9.73 Å². The van der Waals surface area contributed by atoms with Gasteiger partial charge in [-0.2, -0.15) is 4.31 Å². The van der Waals surface area contributed by atoms with Crippen LogP contribution in [0.15, 0.2) is 63.9 Å². The third-order valence-electron chi connectivity index (χ3n) is 5.43. The number of oxazole rings is 1. The Kier molecular flexibility index (Phi) is 6.40. The van der Waals surface area contributed by atoms with Gasteiger partial charge in [-0.25, -0.2) is 13.4 Å². The van der Waals surface area contributed by atoms with Crippen molar-refractivity contribution < 1.29 is 17.6 Å². The maximum absolute atomic E-state index is 13.0. The number of carbonyl (C=O) groups excluding carboxylic acids is 1. The molecule has 0 unspecified atom stereocenters. The van der Waals surface area contributed by atoms with Crippen molar-refractivity contribution in [1.29, 1.82) is 0 Å². The summed E-state index contributed by atoms with van der Waals surface area (Å²) in [5, 5.41) is 2.64. The Morgan fingerprint density at radius 2 is 1.69 bits per heavy atom. The number of aromatic nitrogens is 1. The van der Waals surface area contributed by atoms with E-state index in [-0.39, 0.29) is 10.8 Å². The molecule has 1 N–H and O–H groups in total. The Morgan fingerprint density at radius 3 is 2.31 bits per heavy atom. The summed E-state index contributed by atoms with van der Waals surface area (Å²) in [6.07, 6.45) is 0. The van der Waals surface area contributed by atoms with Gasteiger partial charge in [-0.15, -0.1) is 0 Å². The lowest BCUT2D eigenvalue weighted by molar-refractivity contribution is -0.114. The zero-order chi connectivity index (χ0) is 22.7. The Morgan fingerprint density at radius 1 is 1.03 bits per heavy atom. The molecule has 2 aromatic carbocycles. The molecule has 32 heavy (non-hydrogen) atoms. The standard InChI is InChI=1S/C23H26N4O4S/c1-17-22(25-23(31-17)19-6-4-3-5-7-19)16-26-12-14-27(15-13-26)32(29,30)21-10-8-20(9-11-21)24-18(2)28/h3-11H,12-16H2,1-2H3,(H,24,28). The number of anilines is 1. The van der Waals surface area contributed by atoms with Gasteiger partial charge in [0, 0.05) is 50.9 Å². The fourth-order valence-corrected chi connectivity index (χ4v) is 5.10. The van der Waals surface area contributed by atoms with Crippen molar-refractivity contribution in [2.24, 2.45) is 0 Å². The smallest absolute Gasteiger partial charge is 0.243 e. The highest BCUT2D eigenvalue weighted by molar-refractivity contribution is 7.89. The summed E-state index contributed by atoms with van der Waals surface area (Å²) in [6, 6.07) is 16.0. The molecule has 1 saturated heterocycles. The van der Waals surface area contributed by atoms with Crippen LogP contribution in [-0.2, 0) is 21.4 Å². The Bertz CT molecular complexity index is 1180. The second-order valence-corrected chi connectivity index (χ2v) is 9.71. The number of amides is 1. The molecule has 1 amide bonds. The molecule has 1 aromatic heterocycles. The zero-order valence-corrected chi connectivity index (χ0v) is 18.9. The molecule has 0 bridgehead atoms. The lowest BCUT2D eigenvalue weighted by Gasteiger charge is -2.33. The van der Waals surface area contributed by atoms with Crippen molar-refractivity contribution in [1.82, 2.24) is 14.2 Å². The first kappa shape index (κ1) is 22.2. The molecule has 1 fully saturated rings. The molecule has 0 saturated carbocycles. The largest absolute Gasteiger partial charge is 0.441 e. The summed E-state index contributed by atoms with van der Waals surface area (Å²) in [7, 11) is -3.58. The molecule has 168 valence electrons. The number of hydrogen-bond donors (Lipinski definition) is 1. The molecule has 4 rings (SSSR count). The number of benzene rings is 2. The predicted molar refractivity (Wildman–Crippen MR) is 121 cm³/mol. The first-order valence-corrected chi connectivity index (χ1v) is 11.9. The maximum Gasteiger partial charge on any atom is 0.243 e. The van der Waals surface area contributed by atoms with E-state index in [1.165, 1.54) is 23.4 Å². The molecule has 2 heterocycles. The topological polar surface area (TPSA) is 95.8 Å². The minimum absolute atomic E-state index is 0.199. The van der Waals surface area contributed by atoms with Crippen molar-refractivity contribution in [3.8, 4) is 11.5 Å². The fourth-order valence-electron chi connectivity index (χ4n) is 3.68. The highest BCUT2D eigenvalue weighted by Gasteiger charge is 2.29. The van der Waals surface area contributed by atoms with Crippen molar-refractivity contribution >= 4 is 21.6 Å². The summed E-state index contributed by atoms with van der Waals surface area (Å²) in [6.45, 7) is 5.94. The first-order valence-electron chi connectivity index (χ1n) is 10.4. The van der Waals surface area contributed by atoms with Crippen LogP contribution in [0.25, 0.3) is 11.5 Å². The number of aryl methyl sites for hydroxylation is 1. The summed E-state index contributed by atoms with van der Waals surface area (Å²) in [5.41, 5.74) is 2.37. The number of hydrogen-bond acceptors (Lipinski definition) is 6. The van der Waals surface area contributed by atoms with Gasteiger partial charge >= 0.3 is 0 Å². The lowest BCUT2D eigenvalue weighted by Crippen LogP contribution is -2.48. The minimum atomic E-state index is -3.58. The highest BCUT2D eigenvalue weighted by Crippen LogP contribution is 2.24. The average molecular weight is 455 g/mol. The van der Waals surface area contributed by atoms with Gasteiger partial charge in [0.05, 0.1) is 10.6 Å². The fraction of sp³-hybridized carbons (Fsp3) is 0.304. The molecule has 0 atom stereocenters. The van der Waals surface area contributed by atoms with Crippen LogP contribution < -0.4 is 5.32 Å². The van der Waals surface area contributed by atoms with Crippen LogP contribution in [0, 0.1) is 6.92 Å². The lowest BCUT2D eigenvalue weighted by atomic mass is 10.2. The molecule has 9 heteroatoms. The van der Waals surface area contributed by atoms with Crippen LogP contribution in [0.2, 0.25) is 0 Å². The number of nitrogens with one attached hydrogen (secondary N) is 1. The highest BCUT2D eigenvalue weighted by atomic mass is 32.2. The summed E-state index contributed by atoms with van der Waals surface area (Å²) in [4.78, 5) is 18.2. The maximum atomic E-state index is 13.0. The normalized spacial score (nSPS) is 15.6. The van der Waals surface area contributed by atoms with Crippen LogP contribution in [0.3, 0.4) is 0 Å². The van der Waals surface area contributed by atoms with E-state index in [2.05, 4.69) is 15.2 Å². The first-order chi connectivity index (χ1) is 15.3. The van der Waals surface area contributed by atoms with Crippen LogP contribution in [-0.4, -0.2) is 54.7 Å². The van der Waals surface area contributed by atoms with E-state index in [1.807, 2.05) is 37.3 Å². The van der Waals surface area contributed by atoms with Gasteiger partial charge in [0.15, 0.2) is 0 Å². The van der Waals surface area contributed by atoms with Crippen molar-refractivity contribution in [2.45, 2.75) is 25.3 Å². The van der Waals surface area contributed by atoms with E-state index >= 15 is 0 Å². The Labute approximate surface area is 187 Å². The quantitative estimate of drug-likeness (QED) is 0.615. The zero-order valence-electron chi connectivity index (χ0n) is 18.1. The van der Waals surface area contributed by atoms with E-state index in [9.17, 15) is 13.2 Å². The summed E-state index contributed by atoms with van der Waals surface area (Å²) >= 11 is 0. The Hall–Kier alpha value is -3.01. The molecule has 3 aromatic rings. The summed E-state index contributed by atoms with van der Waals surface area (Å²) < 4.78 is 33.3. The predicted octanol–water partition coefficient (Wildman–Crippen LogP) is 3.11. The molecular formula is C23H26N4O4S. The van der Waals surface area contributed by atoms with E-state index < -0.39 is 10.0 Å². The number of rotatable bonds is 6. The van der Waals surface area contributed by atoms with Crippen LogP contribution >= 0.6 is 0 Å². The molecule has 0 radical (unpaired) electrons. The van der Waals surface area contributed by atoms with E-state index in [0.717, 1.165) is 17.0 Å². The molecule has 8 nitrogen and oxygen atoms in total. The second-order valence-electron chi connectivity index (χ2n) is 7.77. The molecule has 1 aliphatic heterocycles. The number of carbonyl (C=O) groups is 1. The molecule has 1 aliphatic rings. The minimum Gasteiger partial charge on any atom is -0.441 e. The van der Waals surface area contributed by atoms with Crippen LogP contribution in [0.4, 0.5) is 5.69 Å². The van der Waals surface area contributed by atoms with Gasteiger partial charge in [0.2, 0.25) is 21.8 Å². The van der Waals surface area contributed by atoms with E-state index in [4.69, 9.17) is 4.42 Å². The Balaban J connectivity index is 1.38. The second kappa shape index (κ2) is 9.23. The van der Waals surface area contributed by atoms with Crippen molar-refractivity contribution in [3.63, 3.8) is 0 Å². The average Bonchev–Trinajstić information content (AvgIpc) is 3.15. The van der Waals surface area contributed by atoms with Gasteiger partial charge in [-0.3, -0.25) is 9.69 Å². The van der Waals surface area contributed by atoms with Crippen LogP contribution in [0.1, 0.15) is 18.4 Å². The molecule has 0 spiro atoms. The van der Waals surface area contributed by atoms with Crippen LogP contribution in [0.5, 0.6) is 0 Å². The number of sulfonamides is 1.